The number of aliphatic imine (C=N–C) groups is 1. The molecule has 46 valence electrons. The summed E-state index contributed by atoms with van der Waals surface area (Å²) in [6, 6.07) is 0. The van der Waals surface area contributed by atoms with E-state index in [1.165, 1.54) is 6.08 Å². The van der Waals surface area contributed by atoms with Crippen LogP contribution in [0.4, 0.5) is 0 Å². The Morgan fingerprint density at radius 2 is 2.50 bits per heavy atom. The lowest BCUT2D eigenvalue weighted by Crippen LogP contribution is -2.16. The number of hydrogen-bond donors (Lipinski definition) is 1. The van der Waals surface area contributed by atoms with Crippen molar-refractivity contribution in [3.63, 3.8) is 0 Å². The SMILES string of the molecule is C=CC(O)C([SiH3])=NC. The van der Waals surface area contributed by atoms with E-state index in [1.807, 2.05) is 0 Å². The molecule has 0 heterocycles. The van der Waals surface area contributed by atoms with Gasteiger partial charge in [0.05, 0.1) is 10.2 Å². The van der Waals surface area contributed by atoms with Crippen LogP contribution in [0.2, 0.25) is 0 Å². The molecule has 0 radical (unpaired) electrons. The van der Waals surface area contributed by atoms with Crippen LogP contribution in [0.1, 0.15) is 0 Å². The first-order valence-electron chi connectivity index (χ1n) is 2.46. The van der Waals surface area contributed by atoms with E-state index >= 15 is 0 Å². The van der Waals surface area contributed by atoms with Crippen LogP contribution in [-0.2, 0) is 0 Å². The first kappa shape index (κ1) is 7.59. The first-order chi connectivity index (χ1) is 3.72. The lowest BCUT2D eigenvalue weighted by atomic mass is 10.4. The molecule has 3 heteroatoms. The van der Waals surface area contributed by atoms with Gasteiger partial charge in [0, 0.05) is 12.4 Å². The van der Waals surface area contributed by atoms with Gasteiger partial charge in [0.1, 0.15) is 6.10 Å². The molecule has 0 aliphatic heterocycles. The number of hydrogen-bond acceptors (Lipinski definition) is 2. The Kier molecular flexibility index (Phi) is 3.39. The molecule has 0 saturated heterocycles. The summed E-state index contributed by atoms with van der Waals surface area (Å²) in [5, 5.41) is 9.75. The second-order valence-corrected chi connectivity index (χ2v) is 2.57. The van der Waals surface area contributed by atoms with Gasteiger partial charge in [0.25, 0.3) is 0 Å². The Labute approximate surface area is 52.4 Å². The molecule has 2 nitrogen and oxygen atoms in total. The fourth-order valence-electron chi connectivity index (χ4n) is 0.303. The second-order valence-electron chi connectivity index (χ2n) is 1.55. The molecular formula is C5H11NOSi. The van der Waals surface area contributed by atoms with Gasteiger partial charge >= 0.3 is 0 Å². The minimum atomic E-state index is -0.508. The number of nitrogens with zero attached hydrogens (tertiary/aromatic N) is 1. The molecule has 8 heavy (non-hydrogen) atoms. The largest absolute Gasteiger partial charge is 0.384 e. The molecule has 0 spiro atoms. The third-order valence-electron chi connectivity index (χ3n) is 1.00. The highest BCUT2D eigenvalue weighted by molar-refractivity contribution is 6.61. The fraction of sp³-hybridized carbons (Fsp3) is 0.400. The molecular weight excluding hydrogens is 118 g/mol. The van der Waals surface area contributed by atoms with Crippen LogP contribution >= 0.6 is 0 Å². The minimum Gasteiger partial charge on any atom is -0.384 e. The Bertz CT molecular complexity index is 111. The normalized spacial score (nSPS) is 16.0. The van der Waals surface area contributed by atoms with E-state index < -0.39 is 6.10 Å². The van der Waals surface area contributed by atoms with E-state index in [-0.39, 0.29) is 0 Å². The molecule has 0 fully saturated rings. The van der Waals surface area contributed by atoms with Crippen molar-refractivity contribution in [1.82, 2.24) is 0 Å². The average molecular weight is 129 g/mol. The van der Waals surface area contributed by atoms with Crippen LogP contribution in [0, 0.1) is 0 Å². The Morgan fingerprint density at radius 3 is 2.62 bits per heavy atom. The molecule has 1 atom stereocenters. The maximum absolute atomic E-state index is 8.91. The topological polar surface area (TPSA) is 32.6 Å². The van der Waals surface area contributed by atoms with Crippen molar-refractivity contribution in [3.8, 4) is 0 Å². The van der Waals surface area contributed by atoms with E-state index in [2.05, 4.69) is 11.6 Å². The van der Waals surface area contributed by atoms with Crippen LogP contribution in [0.15, 0.2) is 17.6 Å². The van der Waals surface area contributed by atoms with Gasteiger partial charge in [-0.2, -0.15) is 0 Å². The van der Waals surface area contributed by atoms with Gasteiger partial charge in [-0.05, 0) is 0 Å². The predicted octanol–water partition coefficient (Wildman–Crippen LogP) is -1.07. The smallest absolute Gasteiger partial charge is 0.104 e. The van der Waals surface area contributed by atoms with Gasteiger partial charge in [0.15, 0.2) is 0 Å². The van der Waals surface area contributed by atoms with Crippen LogP contribution in [-0.4, -0.2) is 33.8 Å². The van der Waals surface area contributed by atoms with E-state index in [9.17, 15) is 0 Å². The van der Waals surface area contributed by atoms with Crippen molar-refractivity contribution in [3.05, 3.63) is 12.7 Å². The van der Waals surface area contributed by atoms with E-state index in [1.54, 1.807) is 7.05 Å². The summed E-state index contributed by atoms with van der Waals surface area (Å²) in [6.07, 6.45) is 0.974. The molecule has 0 aromatic carbocycles. The number of aliphatic hydroxyl groups excluding tert-OH is 1. The summed E-state index contributed by atoms with van der Waals surface area (Å²) >= 11 is 0. The van der Waals surface area contributed by atoms with Gasteiger partial charge in [-0.3, -0.25) is 0 Å². The van der Waals surface area contributed by atoms with Gasteiger partial charge in [-0.25, -0.2) is 0 Å². The van der Waals surface area contributed by atoms with Gasteiger partial charge in [-0.1, -0.05) is 6.08 Å². The van der Waals surface area contributed by atoms with E-state index in [0.29, 0.717) is 0 Å². The van der Waals surface area contributed by atoms with Crippen molar-refractivity contribution in [2.45, 2.75) is 6.10 Å². The molecule has 0 aliphatic rings. The average Bonchev–Trinajstić information content (AvgIpc) is 1.84. The molecule has 1 unspecified atom stereocenters. The standard InChI is InChI=1S/C5H11NOSi/c1-3-4(7)5(8)6-2/h3-4,7H,1H2,2,8H3. The third-order valence-corrected chi connectivity index (χ3v) is 2.04. The summed E-state index contributed by atoms with van der Waals surface area (Å²) < 4.78 is 0. The molecule has 0 aromatic heterocycles. The van der Waals surface area contributed by atoms with Crippen LogP contribution in [0.3, 0.4) is 0 Å². The first-order valence-corrected chi connectivity index (χ1v) is 3.46. The molecule has 1 N–H and O–H groups in total. The zero-order chi connectivity index (χ0) is 6.57. The highest BCUT2D eigenvalue weighted by Crippen LogP contribution is 1.83. The van der Waals surface area contributed by atoms with Gasteiger partial charge in [-0.15, -0.1) is 6.58 Å². The van der Waals surface area contributed by atoms with Crippen LogP contribution in [0.5, 0.6) is 0 Å². The highest BCUT2D eigenvalue weighted by Gasteiger charge is 1.97. The quantitative estimate of drug-likeness (QED) is 0.287. The zero-order valence-corrected chi connectivity index (χ0v) is 7.26. The molecule has 0 bridgehead atoms. The zero-order valence-electron chi connectivity index (χ0n) is 5.26. The molecule has 0 aliphatic carbocycles. The summed E-state index contributed by atoms with van der Waals surface area (Å²) in [7, 11) is 2.49. The predicted molar refractivity (Wildman–Crippen MR) is 39.5 cm³/mol. The van der Waals surface area contributed by atoms with Crippen molar-refractivity contribution >= 4 is 15.6 Å². The van der Waals surface area contributed by atoms with Crippen molar-refractivity contribution < 1.29 is 5.11 Å². The summed E-state index contributed by atoms with van der Waals surface area (Å²) in [5.74, 6) is 0. The second kappa shape index (κ2) is 3.57. The van der Waals surface area contributed by atoms with Crippen molar-refractivity contribution in [2.75, 3.05) is 7.05 Å². The minimum absolute atomic E-state index is 0.508. The lowest BCUT2D eigenvalue weighted by Gasteiger charge is -2.00. The fourth-order valence-corrected chi connectivity index (χ4v) is 0.539. The van der Waals surface area contributed by atoms with E-state index in [0.717, 1.165) is 15.6 Å². The Hall–Kier alpha value is -0.413. The maximum Gasteiger partial charge on any atom is 0.104 e. The maximum atomic E-state index is 8.91. The molecule has 0 aromatic rings. The van der Waals surface area contributed by atoms with Gasteiger partial charge in [0.2, 0.25) is 0 Å². The Balaban J connectivity index is 3.81. The van der Waals surface area contributed by atoms with E-state index in [4.69, 9.17) is 5.11 Å². The number of rotatable bonds is 2. The molecule has 0 saturated carbocycles. The summed E-state index contributed by atoms with van der Waals surface area (Å²) in [5.41, 5.74) is 0. The van der Waals surface area contributed by atoms with Gasteiger partial charge < -0.3 is 10.1 Å². The molecule has 0 amide bonds. The summed E-state index contributed by atoms with van der Waals surface area (Å²) in [6.45, 7) is 3.42. The van der Waals surface area contributed by atoms with Crippen molar-refractivity contribution in [2.24, 2.45) is 4.99 Å². The van der Waals surface area contributed by atoms with Crippen molar-refractivity contribution in [1.29, 1.82) is 0 Å². The highest BCUT2D eigenvalue weighted by atomic mass is 28.1. The Morgan fingerprint density at radius 1 is 2.00 bits per heavy atom. The molecule has 0 rings (SSSR count). The number of aliphatic hydroxyl groups is 1. The van der Waals surface area contributed by atoms with Crippen LogP contribution < -0.4 is 0 Å². The summed E-state index contributed by atoms with van der Waals surface area (Å²) in [4.78, 5) is 3.82. The van der Waals surface area contributed by atoms with Crippen LogP contribution in [0.25, 0.3) is 0 Å². The monoisotopic (exact) mass is 129 g/mol. The third kappa shape index (κ3) is 2.04. The lowest BCUT2D eigenvalue weighted by molar-refractivity contribution is 0.292.